The third kappa shape index (κ3) is 2.75. The Bertz CT molecular complexity index is 229. The van der Waals surface area contributed by atoms with Gasteiger partial charge in [-0.25, -0.2) is 4.98 Å². The first-order valence-electron chi connectivity index (χ1n) is 4.08. The van der Waals surface area contributed by atoms with E-state index < -0.39 is 0 Å². The van der Waals surface area contributed by atoms with Crippen molar-refractivity contribution in [3.05, 3.63) is 28.7 Å². The summed E-state index contributed by atoms with van der Waals surface area (Å²) in [5.74, 6) is 0. The maximum atomic E-state index is 4.23. The highest BCUT2D eigenvalue weighted by Crippen LogP contribution is 2.13. The highest BCUT2D eigenvalue weighted by molar-refractivity contribution is 7.09. The molecule has 66 valence electrons. The second kappa shape index (κ2) is 5.06. The van der Waals surface area contributed by atoms with E-state index in [0.717, 1.165) is 11.6 Å². The van der Waals surface area contributed by atoms with Gasteiger partial charge in [0.2, 0.25) is 0 Å². The number of allylic oxidation sites excluding steroid dienone is 1. The predicted molar refractivity (Wildman–Crippen MR) is 53.3 cm³/mol. The van der Waals surface area contributed by atoms with Gasteiger partial charge < -0.3 is 5.32 Å². The highest BCUT2D eigenvalue weighted by Gasteiger charge is 2.04. The fraction of sp³-hybridized carbons (Fsp3) is 0.444. The van der Waals surface area contributed by atoms with E-state index >= 15 is 0 Å². The molecule has 0 saturated carbocycles. The van der Waals surface area contributed by atoms with Gasteiger partial charge in [0.1, 0.15) is 5.01 Å². The van der Waals surface area contributed by atoms with E-state index in [2.05, 4.69) is 23.3 Å². The van der Waals surface area contributed by atoms with Gasteiger partial charge in [-0.15, -0.1) is 11.3 Å². The minimum atomic E-state index is 0.362. The molecule has 0 bridgehead atoms. The maximum absolute atomic E-state index is 4.23. The summed E-state index contributed by atoms with van der Waals surface area (Å²) < 4.78 is 0. The fourth-order valence-corrected chi connectivity index (χ4v) is 1.57. The van der Waals surface area contributed by atoms with Crippen LogP contribution in [-0.4, -0.2) is 11.5 Å². The molecule has 1 rings (SSSR count). The van der Waals surface area contributed by atoms with Crippen molar-refractivity contribution in [1.29, 1.82) is 0 Å². The van der Waals surface area contributed by atoms with Crippen LogP contribution in [0.3, 0.4) is 0 Å². The molecule has 0 aliphatic carbocycles. The van der Waals surface area contributed by atoms with Gasteiger partial charge in [0.15, 0.2) is 0 Å². The zero-order chi connectivity index (χ0) is 8.81. The summed E-state index contributed by atoms with van der Waals surface area (Å²) in [6, 6.07) is 0.362. The standard InChI is InChI=1S/C9H14N2S/c1-3-4-5-10-8(2)9-11-6-7-12-9/h3-4,6-8,10H,5H2,1-2H3/b4-3+. The van der Waals surface area contributed by atoms with Crippen molar-refractivity contribution in [2.24, 2.45) is 0 Å². The van der Waals surface area contributed by atoms with Gasteiger partial charge in [-0.05, 0) is 13.8 Å². The molecule has 0 radical (unpaired) electrons. The fourth-order valence-electron chi connectivity index (χ4n) is 0.898. The Morgan fingerprint density at radius 3 is 3.17 bits per heavy atom. The van der Waals surface area contributed by atoms with Crippen LogP contribution in [0.5, 0.6) is 0 Å². The lowest BCUT2D eigenvalue weighted by molar-refractivity contribution is 0.613. The molecule has 1 unspecified atom stereocenters. The van der Waals surface area contributed by atoms with Crippen LogP contribution in [0.1, 0.15) is 24.9 Å². The predicted octanol–water partition coefficient (Wildman–Crippen LogP) is 2.37. The molecule has 0 aliphatic heterocycles. The molecule has 2 nitrogen and oxygen atoms in total. The second-order valence-corrected chi connectivity index (χ2v) is 3.50. The number of nitrogens with zero attached hydrogens (tertiary/aromatic N) is 1. The smallest absolute Gasteiger partial charge is 0.109 e. The second-order valence-electron chi connectivity index (χ2n) is 2.57. The van der Waals surface area contributed by atoms with Crippen LogP contribution in [0, 0.1) is 0 Å². The van der Waals surface area contributed by atoms with Gasteiger partial charge in [-0.2, -0.15) is 0 Å². The SMILES string of the molecule is C/C=C/CNC(C)c1nccs1. The average Bonchev–Trinajstić information content (AvgIpc) is 2.56. The van der Waals surface area contributed by atoms with Gasteiger partial charge in [0.05, 0.1) is 6.04 Å². The molecular formula is C9H14N2S. The topological polar surface area (TPSA) is 24.9 Å². The van der Waals surface area contributed by atoms with E-state index in [1.807, 2.05) is 24.6 Å². The van der Waals surface area contributed by atoms with Crippen molar-refractivity contribution < 1.29 is 0 Å². The van der Waals surface area contributed by atoms with Crippen LogP contribution in [-0.2, 0) is 0 Å². The van der Waals surface area contributed by atoms with Gasteiger partial charge in [-0.3, -0.25) is 0 Å². The Morgan fingerprint density at radius 1 is 1.75 bits per heavy atom. The van der Waals surface area contributed by atoms with Crippen molar-refractivity contribution >= 4 is 11.3 Å². The van der Waals surface area contributed by atoms with Gasteiger partial charge >= 0.3 is 0 Å². The molecule has 0 saturated heterocycles. The lowest BCUT2D eigenvalue weighted by atomic mass is 10.3. The molecule has 1 aromatic rings. The van der Waals surface area contributed by atoms with E-state index in [4.69, 9.17) is 0 Å². The minimum absolute atomic E-state index is 0.362. The van der Waals surface area contributed by atoms with Gasteiger partial charge in [-0.1, -0.05) is 12.2 Å². The number of thiazole rings is 1. The number of nitrogens with one attached hydrogen (secondary N) is 1. The molecule has 3 heteroatoms. The van der Waals surface area contributed by atoms with E-state index in [1.54, 1.807) is 11.3 Å². The average molecular weight is 182 g/mol. The van der Waals surface area contributed by atoms with Crippen molar-refractivity contribution in [3.63, 3.8) is 0 Å². The summed E-state index contributed by atoms with van der Waals surface area (Å²) in [6.45, 7) is 5.06. The van der Waals surface area contributed by atoms with E-state index in [0.29, 0.717) is 6.04 Å². The molecule has 1 aromatic heterocycles. The lowest BCUT2D eigenvalue weighted by Gasteiger charge is -2.07. The van der Waals surface area contributed by atoms with Crippen molar-refractivity contribution in [3.8, 4) is 0 Å². The quantitative estimate of drug-likeness (QED) is 0.723. The molecule has 0 aliphatic rings. The Morgan fingerprint density at radius 2 is 2.58 bits per heavy atom. The van der Waals surface area contributed by atoms with Crippen LogP contribution >= 0.6 is 11.3 Å². The molecule has 0 spiro atoms. The first kappa shape index (κ1) is 9.42. The molecule has 1 N–H and O–H groups in total. The number of hydrogen-bond donors (Lipinski definition) is 1. The molecule has 1 atom stereocenters. The molecule has 0 amide bonds. The summed E-state index contributed by atoms with van der Waals surface area (Å²) in [6.07, 6.45) is 5.99. The molecular weight excluding hydrogens is 168 g/mol. The number of aromatic nitrogens is 1. The summed E-state index contributed by atoms with van der Waals surface area (Å²) >= 11 is 1.69. The largest absolute Gasteiger partial charge is 0.305 e. The lowest BCUT2D eigenvalue weighted by Crippen LogP contribution is -2.18. The van der Waals surface area contributed by atoms with Crippen LogP contribution < -0.4 is 5.32 Å². The normalized spacial score (nSPS) is 13.8. The first-order valence-corrected chi connectivity index (χ1v) is 4.96. The van der Waals surface area contributed by atoms with Crippen LogP contribution in [0.25, 0.3) is 0 Å². The van der Waals surface area contributed by atoms with Crippen LogP contribution in [0.15, 0.2) is 23.7 Å². The van der Waals surface area contributed by atoms with Crippen molar-refractivity contribution in [2.75, 3.05) is 6.54 Å². The van der Waals surface area contributed by atoms with Gasteiger partial charge in [0, 0.05) is 18.1 Å². The molecule has 1 heterocycles. The Hall–Kier alpha value is -0.670. The molecule has 0 fully saturated rings. The van der Waals surface area contributed by atoms with Crippen LogP contribution in [0.4, 0.5) is 0 Å². The van der Waals surface area contributed by atoms with Crippen LogP contribution in [0.2, 0.25) is 0 Å². The Labute approximate surface area is 77.3 Å². The third-order valence-electron chi connectivity index (χ3n) is 1.60. The zero-order valence-corrected chi connectivity index (χ0v) is 8.27. The van der Waals surface area contributed by atoms with Gasteiger partial charge in [0.25, 0.3) is 0 Å². The van der Waals surface area contributed by atoms with E-state index in [1.165, 1.54) is 0 Å². The molecule has 0 aromatic carbocycles. The Balaban J connectivity index is 2.34. The zero-order valence-electron chi connectivity index (χ0n) is 7.45. The minimum Gasteiger partial charge on any atom is -0.305 e. The number of hydrogen-bond acceptors (Lipinski definition) is 3. The van der Waals surface area contributed by atoms with Crippen molar-refractivity contribution in [2.45, 2.75) is 19.9 Å². The summed E-state index contributed by atoms with van der Waals surface area (Å²) in [4.78, 5) is 4.23. The van der Waals surface area contributed by atoms with E-state index in [9.17, 15) is 0 Å². The maximum Gasteiger partial charge on any atom is 0.109 e. The van der Waals surface area contributed by atoms with E-state index in [-0.39, 0.29) is 0 Å². The summed E-state index contributed by atoms with van der Waals surface area (Å²) in [7, 11) is 0. The Kier molecular flexibility index (Phi) is 3.97. The summed E-state index contributed by atoms with van der Waals surface area (Å²) in [5, 5.41) is 6.50. The monoisotopic (exact) mass is 182 g/mol. The summed E-state index contributed by atoms with van der Waals surface area (Å²) in [5.41, 5.74) is 0. The third-order valence-corrected chi connectivity index (χ3v) is 2.56. The number of rotatable bonds is 4. The highest BCUT2D eigenvalue weighted by atomic mass is 32.1. The van der Waals surface area contributed by atoms with Crippen molar-refractivity contribution in [1.82, 2.24) is 10.3 Å². The molecule has 12 heavy (non-hydrogen) atoms. The first-order chi connectivity index (χ1) is 5.84.